The highest BCUT2D eigenvalue weighted by Crippen LogP contribution is 2.03. The van der Waals surface area contributed by atoms with E-state index in [-0.39, 0.29) is 43.1 Å². The average molecular weight is 457 g/mol. The minimum Gasteiger partial charge on any atom is -0.480 e. The van der Waals surface area contributed by atoms with Gasteiger partial charge in [-0.3, -0.25) is 33.9 Å². The number of aliphatic carboxylic acids is 1. The van der Waals surface area contributed by atoms with E-state index in [1.54, 1.807) is 0 Å². The molecule has 11 nitrogen and oxygen atoms in total. The molecule has 5 N–H and O–H groups in total. The predicted octanol–water partition coefficient (Wildman–Crippen LogP) is -1.81. The van der Waals surface area contributed by atoms with E-state index in [0.717, 1.165) is 12.8 Å². The van der Waals surface area contributed by atoms with Gasteiger partial charge < -0.3 is 21.5 Å². The summed E-state index contributed by atoms with van der Waals surface area (Å²) in [7, 11) is 0. The Bertz CT molecular complexity index is 615. The van der Waals surface area contributed by atoms with Crippen LogP contribution in [0.3, 0.4) is 0 Å². The summed E-state index contributed by atoms with van der Waals surface area (Å²) in [5.41, 5.74) is 5.41. The van der Waals surface area contributed by atoms with E-state index in [4.69, 9.17) is 5.73 Å². The first-order chi connectivity index (χ1) is 15.2. The van der Waals surface area contributed by atoms with Gasteiger partial charge in [0.25, 0.3) is 0 Å². The van der Waals surface area contributed by atoms with Crippen LogP contribution in [0.5, 0.6) is 0 Å². The van der Waals surface area contributed by atoms with Crippen LogP contribution < -0.4 is 16.4 Å². The third kappa shape index (κ3) is 12.7. The van der Waals surface area contributed by atoms with Gasteiger partial charge in [0, 0.05) is 51.7 Å². The number of carboxylic acid groups (broad SMARTS) is 1. The molecule has 0 unspecified atom stereocenters. The minimum absolute atomic E-state index is 0.0684. The number of Topliss-reactive ketones (excluding diaryl/α,β-unsaturated/α-hetero) is 1. The van der Waals surface area contributed by atoms with Crippen LogP contribution in [0.25, 0.3) is 0 Å². The number of rotatable bonds is 13. The molecule has 2 amide bonds. The molecule has 0 aromatic carbocycles. The molecule has 0 spiro atoms. The van der Waals surface area contributed by atoms with Crippen molar-refractivity contribution in [1.29, 1.82) is 0 Å². The van der Waals surface area contributed by atoms with Gasteiger partial charge in [-0.05, 0) is 19.4 Å². The van der Waals surface area contributed by atoms with E-state index >= 15 is 0 Å². The molecule has 11 heteroatoms. The fourth-order valence-electron chi connectivity index (χ4n) is 3.25. The largest absolute Gasteiger partial charge is 0.480 e. The van der Waals surface area contributed by atoms with Gasteiger partial charge >= 0.3 is 5.97 Å². The number of nitrogens with two attached hydrogens (primary N) is 1. The number of nitrogens with zero attached hydrogens (tertiary/aromatic N) is 3. The lowest BCUT2D eigenvalue weighted by atomic mass is 10.1. The van der Waals surface area contributed by atoms with Crippen LogP contribution in [-0.2, 0) is 19.2 Å². The highest BCUT2D eigenvalue weighted by atomic mass is 16.4. The topological polar surface area (TPSA) is 148 Å². The van der Waals surface area contributed by atoms with Crippen molar-refractivity contribution in [3.8, 4) is 0 Å². The van der Waals surface area contributed by atoms with Crippen molar-refractivity contribution >= 4 is 23.6 Å². The number of unbranched alkanes of at least 4 members (excludes halogenated alkanes) is 1. The Labute approximate surface area is 190 Å². The van der Waals surface area contributed by atoms with E-state index in [2.05, 4.69) is 10.6 Å². The lowest BCUT2D eigenvalue weighted by molar-refractivity contribution is -0.138. The molecular formula is C21H40N6O5. The van der Waals surface area contributed by atoms with Gasteiger partial charge in [0.15, 0.2) is 0 Å². The standard InChI is InChI=1S/C21H40N6O5/c1-17(2)18(28)14-25-7-9-26(10-12-27(11-8-25)16-21(31)32)15-20(30)24-13-19(29)23-6-4-3-5-22/h17H,3-16,22H2,1-2H3,(H,23,29)(H,24,30)(H,31,32). The van der Waals surface area contributed by atoms with Gasteiger partial charge in [-0.1, -0.05) is 13.8 Å². The second-order valence-corrected chi connectivity index (χ2v) is 8.47. The normalized spacial score (nSPS) is 16.8. The van der Waals surface area contributed by atoms with Crippen molar-refractivity contribution in [3.05, 3.63) is 0 Å². The molecule has 0 aromatic heterocycles. The molecule has 0 bridgehead atoms. The molecule has 1 aliphatic rings. The van der Waals surface area contributed by atoms with Crippen LogP contribution in [0.15, 0.2) is 0 Å². The van der Waals surface area contributed by atoms with E-state index in [1.807, 2.05) is 28.5 Å². The maximum Gasteiger partial charge on any atom is 0.317 e. The highest BCUT2D eigenvalue weighted by Gasteiger charge is 2.21. The molecule has 0 atom stereocenters. The maximum absolute atomic E-state index is 12.4. The summed E-state index contributed by atoms with van der Waals surface area (Å²) in [5, 5.41) is 14.5. The Kier molecular flexibility index (Phi) is 13.7. The lowest BCUT2D eigenvalue weighted by Gasteiger charge is -2.25. The first-order valence-electron chi connectivity index (χ1n) is 11.4. The van der Waals surface area contributed by atoms with Crippen molar-refractivity contribution in [3.63, 3.8) is 0 Å². The summed E-state index contributed by atoms with van der Waals surface area (Å²) in [6.07, 6.45) is 1.63. The summed E-state index contributed by atoms with van der Waals surface area (Å²) in [5.74, 6) is -1.35. The summed E-state index contributed by atoms with van der Waals surface area (Å²) in [6, 6.07) is 0. The predicted molar refractivity (Wildman–Crippen MR) is 121 cm³/mol. The van der Waals surface area contributed by atoms with Gasteiger partial charge in [-0.25, -0.2) is 0 Å². The van der Waals surface area contributed by atoms with Crippen molar-refractivity contribution in [1.82, 2.24) is 25.3 Å². The van der Waals surface area contributed by atoms with Crippen LogP contribution >= 0.6 is 0 Å². The third-order valence-electron chi connectivity index (χ3n) is 5.35. The van der Waals surface area contributed by atoms with Crippen LogP contribution in [-0.4, -0.2) is 122 Å². The molecule has 0 radical (unpaired) electrons. The lowest BCUT2D eigenvalue weighted by Crippen LogP contribution is -2.45. The molecular weight excluding hydrogens is 416 g/mol. The van der Waals surface area contributed by atoms with Gasteiger partial charge in [0.2, 0.25) is 11.8 Å². The van der Waals surface area contributed by atoms with Gasteiger partial charge in [-0.15, -0.1) is 0 Å². The second kappa shape index (κ2) is 15.7. The Morgan fingerprint density at radius 3 is 1.84 bits per heavy atom. The van der Waals surface area contributed by atoms with E-state index < -0.39 is 5.97 Å². The van der Waals surface area contributed by atoms with Gasteiger partial charge in [-0.2, -0.15) is 0 Å². The Morgan fingerprint density at radius 2 is 1.34 bits per heavy atom. The molecule has 1 fully saturated rings. The summed E-state index contributed by atoms with van der Waals surface area (Å²) >= 11 is 0. The Morgan fingerprint density at radius 1 is 0.812 bits per heavy atom. The summed E-state index contributed by atoms with van der Waals surface area (Å²) in [4.78, 5) is 53.3. The Hall–Kier alpha value is -2.08. The first-order valence-corrected chi connectivity index (χ1v) is 11.4. The molecule has 32 heavy (non-hydrogen) atoms. The quantitative estimate of drug-likeness (QED) is 0.235. The maximum atomic E-state index is 12.4. The number of carboxylic acids is 1. The third-order valence-corrected chi connectivity index (χ3v) is 5.35. The van der Waals surface area contributed by atoms with Crippen LogP contribution in [0.4, 0.5) is 0 Å². The van der Waals surface area contributed by atoms with E-state index in [0.29, 0.717) is 58.9 Å². The minimum atomic E-state index is -0.907. The Balaban J connectivity index is 2.58. The molecule has 0 aromatic rings. The SMILES string of the molecule is CC(C)C(=O)CN1CCN(CC(=O)O)CCN(CC(=O)NCC(=O)NCCCCN)CC1. The number of nitrogens with one attached hydrogen (secondary N) is 2. The van der Waals surface area contributed by atoms with Crippen molar-refractivity contribution in [2.24, 2.45) is 11.7 Å². The molecule has 1 aliphatic heterocycles. The summed E-state index contributed by atoms with van der Waals surface area (Å²) in [6.45, 7) is 8.42. The van der Waals surface area contributed by atoms with Crippen molar-refractivity contribution in [2.45, 2.75) is 26.7 Å². The number of hydrogen-bond acceptors (Lipinski definition) is 8. The number of carbonyl (C=O) groups is 4. The van der Waals surface area contributed by atoms with E-state index in [9.17, 15) is 24.3 Å². The molecule has 0 saturated carbocycles. The fourth-order valence-corrected chi connectivity index (χ4v) is 3.25. The molecule has 184 valence electrons. The zero-order valence-electron chi connectivity index (χ0n) is 19.5. The van der Waals surface area contributed by atoms with Crippen LogP contribution in [0.2, 0.25) is 0 Å². The van der Waals surface area contributed by atoms with Gasteiger partial charge in [0.05, 0.1) is 26.2 Å². The number of carbonyl (C=O) groups excluding carboxylic acids is 3. The zero-order valence-corrected chi connectivity index (χ0v) is 19.5. The molecule has 1 rings (SSSR count). The number of amides is 2. The molecule has 0 aliphatic carbocycles. The number of ketones is 1. The average Bonchev–Trinajstić information content (AvgIpc) is 2.81. The summed E-state index contributed by atoms with van der Waals surface area (Å²) < 4.78 is 0. The molecule has 1 heterocycles. The zero-order chi connectivity index (χ0) is 23.9. The smallest absolute Gasteiger partial charge is 0.317 e. The number of hydrogen-bond donors (Lipinski definition) is 4. The molecule has 1 saturated heterocycles. The fraction of sp³-hybridized carbons (Fsp3) is 0.810. The first kappa shape index (κ1) is 28.0. The van der Waals surface area contributed by atoms with Crippen LogP contribution in [0, 0.1) is 5.92 Å². The highest BCUT2D eigenvalue weighted by molar-refractivity contribution is 5.85. The monoisotopic (exact) mass is 456 g/mol. The van der Waals surface area contributed by atoms with Gasteiger partial charge in [0.1, 0.15) is 5.78 Å². The van der Waals surface area contributed by atoms with Crippen molar-refractivity contribution < 1.29 is 24.3 Å². The second-order valence-electron chi connectivity index (χ2n) is 8.47. The van der Waals surface area contributed by atoms with Crippen LogP contribution in [0.1, 0.15) is 26.7 Å². The van der Waals surface area contributed by atoms with E-state index in [1.165, 1.54) is 0 Å². The van der Waals surface area contributed by atoms with Crippen molar-refractivity contribution in [2.75, 3.05) is 78.5 Å².